The Labute approximate surface area is 228 Å². The highest BCUT2D eigenvalue weighted by atomic mass is 35.5. The van der Waals surface area contributed by atoms with Crippen molar-refractivity contribution in [3.05, 3.63) is 85.0 Å². The molecule has 0 saturated carbocycles. The van der Waals surface area contributed by atoms with E-state index < -0.39 is 11.2 Å². The fourth-order valence-corrected chi connectivity index (χ4v) is 4.89. The predicted molar refractivity (Wildman–Crippen MR) is 150 cm³/mol. The summed E-state index contributed by atoms with van der Waals surface area (Å²) in [5.74, 6) is 0.507. The molecule has 3 heterocycles. The largest absolute Gasteiger partial charge is 0.340 e. The van der Waals surface area contributed by atoms with Gasteiger partial charge in [0.15, 0.2) is 11.2 Å². The first kappa shape index (κ1) is 26.0. The van der Waals surface area contributed by atoms with Crippen LogP contribution in [0.2, 0.25) is 10.0 Å². The number of carbonyl (C=O) groups is 1. The number of halogens is 2. The minimum Gasteiger partial charge on any atom is -0.340 e. The normalized spacial score (nSPS) is 14.3. The van der Waals surface area contributed by atoms with Crippen LogP contribution in [0.4, 0.5) is 11.6 Å². The van der Waals surface area contributed by atoms with Gasteiger partial charge in [0.2, 0.25) is 11.9 Å². The number of hydrogen-bond acceptors (Lipinski definition) is 6. The van der Waals surface area contributed by atoms with Gasteiger partial charge in [0.25, 0.3) is 5.56 Å². The summed E-state index contributed by atoms with van der Waals surface area (Å²) in [6.45, 7) is 3.12. The molecule has 10 nitrogen and oxygen atoms in total. The van der Waals surface area contributed by atoms with Crippen molar-refractivity contribution in [2.75, 3.05) is 42.9 Å². The lowest BCUT2D eigenvalue weighted by atomic mass is 10.2. The van der Waals surface area contributed by atoms with E-state index in [-0.39, 0.29) is 12.5 Å². The summed E-state index contributed by atoms with van der Waals surface area (Å²) in [6, 6.07) is 14.4. The number of piperazine rings is 1. The van der Waals surface area contributed by atoms with Crippen molar-refractivity contribution in [2.24, 2.45) is 14.1 Å². The number of anilines is 2. The average molecular weight is 556 g/mol. The van der Waals surface area contributed by atoms with Crippen molar-refractivity contribution < 1.29 is 4.79 Å². The minimum absolute atomic E-state index is 0.103. The second kappa shape index (κ2) is 10.6. The number of benzene rings is 2. The van der Waals surface area contributed by atoms with E-state index in [0.29, 0.717) is 65.6 Å². The quantitative estimate of drug-likeness (QED) is 0.392. The Kier molecular flexibility index (Phi) is 7.29. The third-order valence-corrected chi connectivity index (χ3v) is 7.24. The molecule has 38 heavy (non-hydrogen) atoms. The SMILES string of the molecule is Cn1c(=O)c2c(nc(N3CCN(CC(=O)Nc4ccc(Cl)cc4)CC3)n2Cc2ccc(Cl)cc2)n(C)c1=O. The van der Waals surface area contributed by atoms with Crippen LogP contribution in [0, 0.1) is 0 Å². The van der Waals surface area contributed by atoms with E-state index >= 15 is 0 Å². The van der Waals surface area contributed by atoms with Gasteiger partial charge in [0, 0.05) is 56.0 Å². The average Bonchev–Trinajstić information content (AvgIpc) is 3.28. The molecule has 5 rings (SSSR count). The van der Waals surface area contributed by atoms with Crippen LogP contribution >= 0.6 is 23.2 Å². The van der Waals surface area contributed by atoms with Gasteiger partial charge in [-0.05, 0) is 42.0 Å². The van der Waals surface area contributed by atoms with Crippen LogP contribution in [-0.2, 0) is 25.4 Å². The molecule has 0 atom stereocenters. The number of amides is 1. The number of rotatable bonds is 6. The topological polar surface area (TPSA) is 97.4 Å². The third-order valence-electron chi connectivity index (χ3n) is 6.73. The second-order valence-electron chi connectivity index (χ2n) is 9.32. The minimum atomic E-state index is -0.429. The highest BCUT2D eigenvalue weighted by Crippen LogP contribution is 2.23. The molecule has 1 fully saturated rings. The molecule has 198 valence electrons. The predicted octanol–water partition coefficient (Wildman–Crippen LogP) is 2.55. The van der Waals surface area contributed by atoms with Crippen LogP contribution in [0.15, 0.2) is 58.1 Å². The van der Waals surface area contributed by atoms with E-state index in [9.17, 15) is 14.4 Å². The van der Waals surface area contributed by atoms with Crippen molar-refractivity contribution in [2.45, 2.75) is 6.54 Å². The molecule has 2 aromatic carbocycles. The summed E-state index contributed by atoms with van der Waals surface area (Å²) in [4.78, 5) is 47.3. The van der Waals surface area contributed by atoms with Crippen LogP contribution in [-0.4, -0.2) is 62.2 Å². The van der Waals surface area contributed by atoms with E-state index in [1.54, 1.807) is 43.4 Å². The molecular formula is C26H27Cl2N7O3. The number of carbonyl (C=O) groups excluding carboxylic acids is 1. The molecule has 2 aromatic heterocycles. The number of aryl methyl sites for hydroxylation is 1. The molecule has 4 aromatic rings. The Bertz CT molecular complexity index is 1600. The lowest BCUT2D eigenvalue weighted by molar-refractivity contribution is -0.117. The van der Waals surface area contributed by atoms with Crippen LogP contribution in [0.1, 0.15) is 5.56 Å². The molecule has 1 aliphatic rings. The number of fused-ring (bicyclic) bond motifs is 1. The molecule has 1 N–H and O–H groups in total. The van der Waals surface area contributed by atoms with Crippen molar-refractivity contribution in [1.29, 1.82) is 0 Å². The van der Waals surface area contributed by atoms with Gasteiger partial charge in [-0.3, -0.25) is 28.2 Å². The number of hydrogen-bond donors (Lipinski definition) is 1. The fourth-order valence-electron chi connectivity index (χ4n) is 4.64. The van der Waals surface area contributed by atoms with Gasteiger partial charge < -0.3 is 10.2 Å². The van der Waals surface area contributed by atoms with Crippen LogP contribution in [0.3, 0.4) is 0 Å². The zero-order valence-corrected chi connectivity index (χ0v) is 22.5. The Morgan fingerprint density at radius 2 is 1.50 bits per heavy atom. The Morgan fingerprint density at radius 1 is 0.895 bits per heavy atom. The molecule has 1 saturated heterocycles. The standard InChI is InChI=1S/C26H27Cl2N7O3/c1-31-23-22(24(37)32(2)26(31)38)35(15-17-3-5-18(27)6-4-17)25(30-23)34-13-11-33(12-14-34)16-21(36)29-20-9-7-19(28)8-10-20/h3-10H,11-16H2,1-2H3,(H,29,36). The van der Waals surface area contributed by atoms with E-state index in [0.717, 1.165) is 10.1 Å². The fraction of sp³-hybridized carbons (Fsp3) is 0.308. The summed E-state index contributed by atoms with van der Waals surface area (Å²) in [5.41, 5.74) is 1.52. The van der Waals surface area contributed by atoms with Crippen molar-refractivity contribution >= 4 is 51.9 Å². The number of nitrogens with zero attached hydrogens (tertiary/aromatic N) is 6. The summed E-state index contributed by atoms with van der Waals surface area (Å²) < 4.78 is 4.36. The summed E-state index contributed by atoms with van der Waals surface area (Å²) in [7, 11) is 3.09. The molecule has 0 unspecified atom stereocenters. The highest BCUT2D eigenvalue weighted by Gasteiger charge is 2.26. The van der Waals surface area contributed by atoms with E-state index in [4.69, 9.17) is 28.2 Å². The summed E-state index contributed by atoms with van der Waals surface area (Å²) in [6.07, 6.45) is 0. The lowest BCUT2D eigenvalue weighted by Crippen LogP contribution is -2.49. The molecule has 1 amide bonds. The first-order chi connectivity index (χ1) is 18.2. The van der Waals surface area contributed by atoms with Crippen LogP contribution in [0.5, 0.6) is 0 Å². The first-order valence-electron chi connectivity index (χ1n) is 12.1. The first-order valence-corrected chi connectivity index (χ1v) is 12.9. The molecule has 12 heteroatoms. The van der Waals surface area contributed by atoms with Crippen LogP contribution < -0.4 is 21.5 Å². The maximum Gasteiger partial charge on any atom is 0.332 e. The van der Waals surface area contributed by atoms with Crippen molar-refractivity contribution in [1.82, 2.24) is 23.6 Å². The third kappa shape index (κ3) is 5.20. The number of nitrogens with one attached hydrogen (secondary N) is 1. The van der Waals surface area contributed by atoms with E-state index in [1.807, 2.05) is 16.7 Å². The Morgan fingerprint density at radius 3 is 2.13 bits per heavy atom. The highest BCUT2D eigenvalue weighted by molar-refractivity contribution is 6.30. The number of imidazole rings is 1. The molecule has 0 spiro atoms. The summed E-state index contributed by atoms with van der Waals surface area (Å²) >= 11 is 12.0. The Hall–Kier alpha value is -3.60. The van der Waals surface area contributed by atoms with Gasteiger partial charge in [-0.2, -0.15) is 4.98 Å². The zero-order chi connectivity index (χ0) is 27.0. The molecular weight excluding hydrogens is 529 g/mol. The van der Waals surface area contributed by atoms with Gasteiger partial charge in [0.1, 0.15) is 0 Å². The maximum atomic E-state index is 13.2. The van der Waals surface area contributed by atoms with E-state index in [2.05, 4.69) is 15.1 Å². The zero-order valence-electron chi connectivity index (χ0n) is 21.0. The lowest BCUT2D eigenvalue weighted by Gasteiger charge is -2.35. The van der Waals surface area contributed by atoms with Gasteiger partial charge >= 0.3 is 5.69 Å². The van der Waals surface area contributed by atoms with Gasteiger partial charge in [-0.15, -0.1) is 0 Å². The van der Waals surface area contributed by atoms with Gasteiger partial charge in [0.05, 0.1) is 13.1 Å². The van der Waals surface area contributed by atoms with Crippen molar-refractivity contribution in [3.63, 3.8) is 0 Å². The van der Waals surface area contributed by atoms with E-state index in [1.165, 1.54) is 11.6 Å². The Balaban J connectivity index is 1.38. The molecule has 0 bridgehead atoms. The molecule has 0 radical (unpaired) electrons. The maximum absolute atomic E-state index is 13.2. The van der Waals surface area contributed by atoms with Gasteiger partial charge in [-0.1, -0.05) is 35.3 Å². The number of aromatic nitrogens is 4. The summed E-state index contributed by atoms with van der Waals surface area (Å²) in [5, 5.41) is 4.13. The molecule has 1 aliphatic heterocycles. The smallest absolute Gasteiger partial charge is 0.332 e. The molecule has 0 aliphatic carbocycles. The van der Waals surface area contributed by atoms with Gasteiger partial charge in [-0.25, -0.2) is 4.79 Å². The van der Waals surface area contributed by atoms with Crippen molar-refractivity contribution in [3.8, 4) is 0 Å². The monoisotopic (exact) mass is 555 g/mol. The van der Waals surface area contributed by atoms with Crippen LogP contribution in [0.25, 0.3) is 11.2 Å². The second-order valence-corrected chi connectivity index (χ2v) is 10.2.